The summed E-state index contributed by atoms with van der Waals surface area (Å²) in [6.45, 7) is -6.38. The first-order valence-corrected chi connectivity index (χ1v) is 40.2. The lowest BCUT2D eigenvalue weighted by molar-refractivity contribution is -0.341. The number of hydrogen-bond donors (Lipinski definition) is 35. The Morgan fingerprint density at radius 3 is 0.958 bits per heavy atom. The molecule has 0 spiro atoms. The van der Waals surface area contributed by atoms with Crippen LogP contribution in [-0.4, -0.2) is 331 Å². The Hall–Kier alpha value is -19.3. The van der Waals surface area contributed by atoms with Gasteiger partial charge in [-0.2, -0.15) is 0 Å². The van der Waals surface area contributed by atoms with Crippen molar-refractivity contribution in [2.24, 2.45) is 0 Å². The molecule has 0 aromatic heterocycles. The fourth-order valence-corrected chi connectivity index (χ4v) is 19.2. The third-order valence-electron chi connectivity index (χ3n) is 25.6. The number of phenols is 30. The fourth-order valence-electron chi connectivity index (χ4n) is 19.2. The Morgan fingerprint density at radius 1 is 0.245 bits per heavy atom. The van der Waals surface area contributed by atoms with Gasteiger partial charge in [-0.3, -0.25) is 0 Å². The van der Waals surface area contributed by atoms with Gasteiger partial charge in [0.25, 0.3) is 5.79 Å². The highest BCUT2D eigenvalue weighted by atomic mass is 16.7. The van der Waals surface area contributed by atoms with Crippen molar-refractivity contribution >= 4 is 59.7 Å². The van der Waals surface area contributed by atoms with Gasteiger partial charge in [0, 0.05) is 83.5 Å². The van der Waals surface area contributed by atoms with E-state index in [1.54, 1.807) is 0 Å². The zero-order valence-electron chi connectivity index (χ0n) is 69.7. The summed E-state index contributed by atoms with van der Waals surface area (Å²) in [7, 11) is 0. The van der Waals surface area contributed by atoms with Crippen molar-refractivity contribution in [2.45, 2.75) is 84.4 Å². The molecule has 10 aromatic carbocycles. The molecule has 56 nitrogen and oxygen atoms in total. The molecule has 10 aromatic rings. The van der Waals surface area contributed by atoms with E-state index in [4.69, 9.17) is 52.1 Å². The van der Waals surface area contributed by atoms with Gasteiger partial charge < -0.3 is 231 Å². The van der Waals surface area contributed by atoms with Crippen molar-refractivity contribution in [3.8, 4) is 239 Å². The molecular weight excluding hydrogens is 1940 g/mol. The van der Waals surface area contributed by atoms with E-state index in [2.05, 4.69) is 0 Å². The van der Waals surface area contributed by atoms with Crippen LogP contribution >= 0.6 is 0 Å². The Kier molecular flexibility index (Phi) is 20.0. The van der Waals surface area contributed by atoms with Gasteiger partial charge in [-0.25, -0.2) is 47.9 Å². The van der Waals surface area contributed by atoms with Crippen LogP contribution in [0.2, 0.25) is 0 Å². The van der Waals surface area contributed by atoms with Crippen molar-refractivity contribution in [1.29, 1.82) is 0 Å². The lowest BCUT2D eigenvalue weighted by atomic mass is 9.71. The van der Waals surface area contributed by atoms with Crippen molar-refractivity contribution in [1.82, 2.24) is 0 Å². The van der Waals surface area contributed by atoms with E-state index in [0.29, 0.717) is 0 Å². The molecule has 742 valence electrons. The molecule has 0 amide bonds. The number of esters is 10. The van der Waals surface area contributed by atoms with Crippen molar-refractivity contribution in [3.63, 3.8) is 0 Å². The predicted octanol–water partition coefficient (Wildman–Crippen LogP) is 0.220. The Labute approximate surface area is 781 Å². The van der Waals surface area contributed by atoms with Crippen LogP contribution in [0.5, 0.6) is 172 Å². The molecule has 0 saturated carbocycles. The van der Waals surface area contributed by atoms with Gasteiger partial charge in [0.05, 0.1) is 74.1 Å². The first-order chi connectivity index (χ1) is 67.1. The molecule has 1 fully saturated rings. The molecule has 21 rings (SSSR count). The number of ether oxygens (including phenoxy) is 11. The first kappa shape index (κ1) is 92.7. The quantitative estimate of drug-likeness (QED) is 0.0625. The van der Waals surface area contributed by atoms with E-state index in [-0.39, 0.29) is 30.3 Å². The van der Waals surface area contributed by atoms with Gasteiger partial charge in [-0.1, -0.05) is 0 Å². The van der Waals surface area contributed by atoms with E-state index in [1.165, 1.54) is 0 Å². The molecule has 143 heavy (non-hydrogen) atoms. The molecule has 11 aliphatic rings. The van der Waals surface area contributed by atoms with Crippen LogP contribution in [0.1, 0.15) is 132 Å². The highest BCUT2D eigenvalue weighted by Gasteiger charge is 2.67. The Bertz CT molecular complexity index is 7700. The van der Waals surface area contributed by atoms with Crippen LogP contribution in [0.4, 0.5) is 0 Å². The monoisotopic (exact) mass is 2000 g/mol. The summed E-state index contributed by atoms with van der Waals surface area (Å²) >= 11 is 0. The zero-order valence-corrected chi connectivity index (χ0v) is 69.7. The van der Waals surface area contributed by atoms with Crippen LogP contribution < -0.4 is 0 Å². The minimum Gasteiger partial charge on any atom is -0.504 e. The normalized spacial score (nSPS) is 23.9. The Balaban J connectivity index is 0.936. The lowest BCUT2D eigenvalue weighted by Gasteiger charge is -2.51. The van der Waals surface area contributed by atoms with Gasteiger partial charge in [0.15, 0.2) is 158 Å². The van der Waals surface area contributed by atoms with Gasteiger partial charge in [0.2, 0.25) is 69.4 Å². The summed E-state index contributed by atoms with van der Waals surface area (Å²) in [5.74, 6) is -101. The minimum absolute atomic E-state index is 0.00880. The molecule has 35 N–H and O–H groups in total. The van der Waals surface area contributed by atoms with E-state index in [1.807, 2.05) is 0 Å². The molecule has 56 heteroatoms. The number of aromatic hydroxyl groups is 30. The second-order valence-electron chi connectivity index (χ2n) is 33.1. The summed E-state index contributed by atoms with van der Waals surface area (Å²) in [5, 5.41) is 422. The topological polar surface area (TPSA) is 980 Å². The molecule has 14 atom stereocenters. The van der Waals surface area contributed by atoms with Crippen LogP contribution in [0.15, 0.2) is 30.3 Å². The highest BCUT2D eigenvalue weighted by Crippen LogP contribution is 2.69. The molecule has 2 unspecified atom stereocenters. The third-order valence-corrected chi connectivity index (χ3v) is 25.6. The maximum Gasteiger partial charge on any atom is 0.341 e. The average Bonchev–Trinajstić information content (AvgIpc) is 1.40. The van der Waals surface area contributed by atoms with E-state index in [9.17, 15) is 179 Å². The number of benzene rings is 10. The maximum atomic E-state index is 17.1. The molecule has 11 heterocycles. The standard InChI is InChI=1S/C87H58O56/c88-14-1-9-21(49(100)43(14)94)22-10(2-15(89)44(95)50(22)101)79(124)142-75-73-70-35(34-39(82(127)138-70)30(58(109)67(118)62(34)113)29-38(84(129)141-73)28(56(107)65(116)57(29)108)25-13(5-18(92)47(98)53(25)104)80(125)143-86(75,131)8-134-76(9)121)33-36-26(54(105)66(117)61(33)112)24-12(4-17(91)46(97)52(24)103)78(123)137-69-20(7-133-81(36)126)136-77(122)11-3-16(90)45(96)51(102)23(11)27-37-31(59(110)64(115)55(27)106)32-40-41(63(114)68(119)60(32)111)42(71(139-85(40)130)72(69)140-83(37)128)87(132)74(120)48(99)19(93)6-135-87/h1-5,19-20,35,42,48,69-75,88-120,131-132H,6-8H2/t19-,20-,35-,42-,48+,69+,70+,71-,72?,73?,74+,75-,86-,87+/m0/s1. The second-order valence-corrected chi connectivity index (χ2v) is 33.1. The van der Waals surface area contributed by atoms with E-state index < -0.39 is 476 Å². The molecule has 12 bridgehead atoms. The molecule has 11 aliphatic heterocycles. The minimum atomic E-state index is -4.82. The van der Waals surface area contributed by atoms with E-state index >= 15 is 47.9 Å². The number of cyclic esters (lactones) is 2. The summed E-state index contributed by atoms with van der Waals surface area (Å²) in [6.07, 6.45) is -34.4. The van der Waals surface area contributed by atoms with Crippen molar-refractivity contribution < 1.29 is 279 Å². The van der Waals surface area contributed by atoms with Crippen LogP contribution in [0, 0.1) is 0 Å². The number of fused-ring (bicyclic) bond motifs is 14. The summed E-state index contributed by atoms with van der Waals surface area (Å²) in [4.78, 5) is 161. The number of aliphatic hydroxyl groups excluding tert-OH is 3. The van der Waals surface area contributed by atoms with Gasteiger partial charge >= 0.3 is 59.7 Å². The summed E-state index contributed by atoms with van der Waals surface area (Å²) in [5.41, 5.74) is -46.0. The first-order valence-electron chi connectivity index (χ1n) is 40.2. The number of carbonyl (C=O) groups is 10. The predicted molar refractivity (Wildman–Crippen MR) is 437 cm³/mol. The van der Waals surface area contributed by atoms with Crippen LogP contribution in [-0.2, 0) is 52.1 Å². The van der Waals surface area contributed by atoms with Crippen molar-refractivity contribution in [2.75, 3.05) is 19.8 Å². The van der Waals surface area contributed by atoms with Gasteiger partial charge in [-0.15, -0.1) is 0 Å². The fraction of sp³-hybridized carbons (Fsp3) is 0.195. The molecule has 1 saturated heterocycles. The van der Waals surface area contributed by atoms with Gasteiger partial charge in [0.1, 0.15) is 24.9 Å². The highest BCUT2D eigenvalue weighted by molar-refractivity contribution is 6.20. The lowest BCUT2D eigenvalue weighted by Crippen LogP contribution is -2.68. The van der Waals surface area contributed by atoms with Crippen molar-refractivity contribution in [3.05, 3.63) is 103 Å². The summed E-state index contributed by atoms with van der Waals surface area (Å²) in [6, 6.07) is -0.0221. The number of carbonyl (C=O) groups excluding carboxylic acids is 10. The van der Waals surface area contributed by atoms with Crippen LogP contribution in [0.25, 0.3) is 66.8 Å². The SMILES string of the molecule is O=C1OC[C@]2(O)OC(=O)c3cc(O)c(O)c(O)c3-c3c(O)c(O)c(O)c4c3C(=O)OC([C@@H]3OC(=O)c5c-4c(O)c(O)c(O)c5[C@@H]3c3c(O)c(O)c(O)c4c3C(=O)OC[C@@H]3OC(=O)c5cc(O)c(O)c(O)c5-c5c(O)c(O)c(O)c6c5C(=O)OC([C@H]5OC(=O)c7c-6c(O)c(O)c(O)c7[C@@H]5[C@@]5(O)OC[C@H](O)[C@@H](O)[C@H]5O)[C@@H]3OC(=O)c3cc(O)c(O)c(O)c3-4)[C@@H]2OC(=O)c2cc(O)c(O)c(O)c2-c2c1cc(O)c(O)c2O. The Morgan fingerprint density at radius 2 is 0.538 bits per heavy atom. The molecular formula is C87H58O56. The number of hydrogen-bond acceptors (Lipinski definition) is 56. The second kappa shape index (κ2) is 30.8. The summed E-state index contributed by atoms with van der Waals surface area (Å²) < 4.78 is 64.2. The number of rotatable bonds is 2. The van der Waals surface area contributed by atoms with E-state index in [0.717, 1.165) is 0 Å². The number of aliphatic hydroxyl groups is 5. The third kappa shape index (κ3) is 12.3. The zero-order chi connectivity index (χ0) is 104. The largest absolute Gasteiger partial charge is 0.504 e. The average molecular weight is 2000 g/mol. The molecule has 0 aliphatic carbocycles. The maximum absolute atomic E-state index is 17.1. The number of phenolic OH excluding ortho intramolecular Hbond substituents is 30. The molecule has 0 radical (unpaired) electrons. The van der Waals surface area contributed by atoms with Crippen LogP contribution in [0.3, 0.4) is 0 Å². The smallest absolute Gasteiger partial charge is 0.341 e. The van der Waals surface area contributed by atoms with Gasteiger partial charge in [-0.05, 0) is 30.3 Å².